The molecule has 3 rings (SSSR count). The summed E-state index contributed by atoms with van der Waals surface area (Å²) in [7, 11) is 0. The van der Waals surface area contributed by atoms with Crippen LogP contribution in [-0.4, -0.2) is 40.4 Å². The molecule has 2 fully saturated rings. The van der Waals surface area contributed by atoms with E-state index in [2.05, 4.69) is 15.1 Å². The SMILES string of the molecule is OC1CCC2CN(c3nnc(CCCl)o3)CC12. The fourth-order valence-electron chi connectivity index (χ4n) is 2.95. The fourth-order valence-corrected chi connectivity index (χ4v) is 3.11. The molecular weight excluding hydrogens is 242 g/mol. The number of halogens is 1. The van der Waals surface area contributed by atoms with E-state index < -0.39 is 0 Å². The van der Waals surface area contributed by atoms with Gasteiger partial charge in [0.25, 0.3) is 0 Å². The largest absolute Gasteiger partial charge is 0.408 e. The Labute approximate surface area is 105 Å². The van der Waals surface area contributed by atoms with E-state index in [1.54, 1.807) is 0 Å². The summed E-state index contributed by atoms with van der Waals surface area (Å²) in [5.74, 6) is 2.03. The van der Waals surface area contributed by atoms with Gasteiger partial charge in [0.1, 0.15) is 0 Å². The molecule has 0 radical (unpaired) electrons. The van der Waals surface area contributed by atoms with Gasteiger partial charge in [-0.25, -0.2) is 0 Å². The van der Waals surface area contributed by atoms with Crippen LogP contribution in [0, 0.1) is 11.8 Å². The molecule has 3 unspecified atom stereocenters. The number of hydrogen-bond donors (Lipinski definition) is 1. The number of aliphatic hydroxyl groups excluding tert-OH is 1. The van der Waals surface area contributed by atoms with Gasteiger partial charge in [-0.2, -0.15) is 0 Å². The molecule has 0 bridgehead atoms. The maximum absolute atomic E-state index is 9.84. The summed E-state index contributed by atoms with van der Waals surface area (Å²) in [5, 5.41) is 17.8. The van der Waals surface area contributed by atoms with Crippen LogP contribution in [0.1, 0.15) is 18.7 Å². The lowest BCUT2D eigenvalue weighted by Gasteiger charge is -2.15. The summed E-state index contributed by atoms with van der Waals surface area (Å²) >= 11 is 5.63. The first-order chi connectivity index (χ1) is 8.28. The molecule has 1 aromatic heterocycles. The average Bonchev–Trinajstić information content (AvgIpc) is 2.96. The molecule has 6 heteroatoms. The van der Waals surface area contributed by atoms with Crippen molar-refractivity contribution in [1.82, 2.24) is 10.2 Å². The minimum absolute atomic E-state index is 0.157. The van der Waals surface area contributed by atoms with Crippen molar-refractivity contribution in [3.8, 4) is 0 Å². The molecule has 1 saturated heterocycles. The first-order valence-corrected chi connectivity index (χ1v) is 6.62. The maximum atomic E-state index is 9.84. The molecule has 94 valence electrons. The Balaban J connectivity index is 1.69. The van der Waals surface area contributed by atoms with Gasteiger partial charge >= 0.3 is 6.01 Å². The van der Waals surface area contributed by atoms with Gasteiger partial charge in [-0.05, 0) is 18.8 Å². The second-order valence-electron chi connectivity index (χ2n) is 4.89. The second kappa shape index (κ2) is 4.46. The average molecular weight is 258 g/mol. The molecule has 5 nitrogen and oxygen atoms in total. The van der Waals surface area contributed by atoms with E-state index >= 15 is 0 Å². The second-order valence-corrected chi connectivity index (χ2v) is 5.27. The molecular formula is C11H16ClN3O2. The van der Waals surface area contributed by atoms with Gasteiger partial charge in [0.2, 0.25) is 5.89 Å². The third kappa shape index (κ3) is 2.02. The molecule has 3 atom stereocenters. The minimum atomic E-state index is -0.157. The molecule has 0 amide bonds. The van der Waals surface area contributed by atoms with Gasteiger partial charge in [0, 0.05) is 31.3 Å². The van der Waals surface area contributed by atoms with Gasteiger partial charge in [-0.3, -0.25) is 0 Å². The van der Waals surface area contributed by atoms with Crippen LogP contribution in [0.15, 0.2) is 4.42 Å². The van der Waals surface area contributed by atoms with Crippen LogP contribution in [0.5, 0.6) is 0 Å². The zero-order chi connectivity index (χ0) is 11.8. The zero-order valence-corrected chi connectivity index (χ0v) is 10.3. The summed E-state index contributed by atoms with van der Waals surface area (Å²) in [6.45, 7) is 1.75. The predicted octanol–water partition coefficient (Wildman–Crippen LogP) is 1.06. The van der Waals surface area contributed by atoms with Crippen LogP contribution in [0.25, 0.3) is 0 Å². The fraction of sp³-hybridized carbons (Fsp3) is 0.818. The highest BCUT2D eigenvalue weighted by Crippen LogP contribution is 2.39. The highest BCUT2D eigenvalue weighted by Gasteiger charge is 2.43. The van der Waals surface area contributed by atoms with E-state index in [0.717, 1.165) is 25.9 Å². The third-order valence-electron chi connectivity index (χ3n) is 3.85. The van der Waals surface area contributed by atoms with Crippen molar-refractivity contribution in [2.45, 2.75) is 25.4 Å². The molecule has 1 saturated carbocycles. The smallest absolute Gasteiger partial charge is 0.318 e. The van der Waals surface area contributed by atoms with Crippen molar-refractivity contribution in [1.29, 1.82) is 0 Å². The van der Waals surface area contributed by atoms with Gasteiger partial charge in [-0.15, -0.1) is 16.7 Å². The number of hydrogen-bond acceptors (Lipinski definition) is 5. The topological polar surface area (TPSA) is 62.4 Å². The van der Waals surface area contributed by atoms with Crippen LogP contribution in [0.3, 0.4) is 0 Å². The van der Waals surface area contributed by atoms with E-state index in [1.165, 1.54) is 0 Å². The molecule has 2 heterocycles. The number of aliphatic hydroxyl groups is 1. The summed E-state index contributed by atoms with van der Waals surface area (Å²) in [6.07, 6.45) is 2.49. The molecule has 2 aliphatic rings. The summed E-state index contributed by atoms with van der Waals surface area (Å²) in [4.78, 5) is 2.09. The van der Waals surface area contributed by atoms with Gasteiger partial charge in [0.05, 0.1) is 6.10 Å². The number of anilines is 1. The van der Waals surface area contributed by atoms with Gasteiger partial charge < -0.3 is 14.4 Å². The van der Waals surface area contributed by atoms with Crippen LogP contribution >= 0.6 is 11.6 Å². The lowest BCUT2D eigenvalue weighted by Crippen LogP contribution is -2.24. The van der Waals surface area contributed by atoms with Crippen molar-refractivity contribution in [2.24, 2.45) is 11.8 Å². The van der Waals surface area contributed by atoms with E-state index in [1.807, 2.05) is 0 Å². The Morgan fingerprint density at radius 3 is 3.00 bits per heavy atom. The standard InChI is InChI=1S/C11H16ClN3O2/c12-4-3-10-13-14-11(17-10)15-5-7-1-2-9(16)8(7)6-15/h7-9,16H,1-6H2. The first-order valence-electron chi connectivity index (χ1n) is 6.09. The number of rotatable bonds is 3. The predicted molar refractivity (Wildman–Crippen MR) is 63.2 cm³/mol. The van der Waals surface area contributed by atoms with Crippen molar-refractivity contribution in [3.05, 3.63) is 5.89 Å². The minimum Gasteiger partial charge on any atom is -0.408 e. The number of fused-ring (bicyclic) bond motifs is 1. The normalized spacial score (nSPS) is 32.1. The van der Waals surface area contributed by atoms with Gasteiger partial charge in [0.15, 0.2) is 0 Å². The van der Waals surface area contributed by atoms with Crippen molar-refractivity contribution >= 4 is 17.6 Å². The monoisotopic (exact) mass is 257 g/mol. The lowest BCUT2D eigenvalue weighted by molar-refractivity contribution is 0.133. The van der Waals surface area contributed by atoms with E-state index in [9.17, 15) is 5.11 Å². The third-order valence-corrected chi connectivity index (χ3v) is 4.04. The van der Waals surface area contributed by atoms with E-state index in [4.69, 9.17) is 16.0 Å². The number of aromatic nitrogens is 2. The molecule has 0 aromatic carbocycles. The summed E-state index contributed by atoms with van der Waals surface area (Å²) < 4.78 is 5.55. The van der Waals surface area contributed by atoms with Crippen LogP contribution in [-0.2, 0) is 6.42 Å². The van der Waals surface area contributed by atoms with Crippen LogP contribution < -0.4 is 4.90 Å². The highest BCUT2D eigenvalue weighted by molar-refractivity contribution is 6.17. The molecule has 1 aliphatic heterocycles. The highest BCUT2D eigenvalue weighted by atomic mass is 35.5. The van der Waals surface area contributed by atoms with Crippen molar-refractivity contribution in [2.75, 3.05) is 23.9 Å². The number of nitrogens with zero attached hydrogens (tertiary/aromatic N) is 3. The molecule has 17 heavy (non-hydrogen) atoms. The van der Waals surface area contributed by atoms with Crippen molar-refractivity contribution in [3.63, 3.8) is 0 Å². The Morgan fingerprint density at radius 1 is 1.35 bits per heavy atom. The van der Waals surface area contributed by atoms with Crippen LogP contribution in [0.4, 0.5) is 6.01 Å². The quantitative estimate of drug-likeness (QED) is 0.821. The number of aryl methyl sites for hydroxylation is 1. The molecule has 0 spiro atoms. The van der Waals surface area contributed by atoms with E-state index in [0.29, 0.717) is 36.0 Å². The lowest BCUT2D eigenvalue weighted by atomic mass is 10.00. The maximum Gasteiger partial charge on any atom is 0.318 e. The number of alkyl halides is 1. The Morgan fingerprint density at radius 2 is 2.24 bits per heavy atom. The molecule has 1 aliphatic carbocycles. The summed E-state index contributed by atoms with van der Waals surface area (Å²) in [5.41, 5.74) is 0. The van der Waals surface area contributed by atoms with E-state index in [-0.39, 0.29) is 6.10 Å². The Kier molecular flexibility index (Phi) is 2.96. The molecule has 1 N–H and O–H groups in total. The summed E-state index contributed by atoms with van der Waals surface area (Å²) in [6, 6.07) is 0.576. The first kappa shape index (κ1) is 11.3. The van der Waals surface area contributed by atoms with Crippen molar-refractivity contribution < 1.29 is 9.52 Å². The molecule has 1 aromatic rings. The Bertz CT molecular complexity index is 398. The Hall–Kier alpha value is -0.810. The van der Waals surface area contributed by atoms with Crippen LogP contribution in [0.2, 0.25) is 0 Å². The zero-order valence-electron chi connectivity index (χ0n) is 9.55. The van der Waals surface area contributed by atoms with Gasteiger partial charge in [-0.1, -0.05) is 5.10 Å².